The molecule has 0 N–H and O–H groups in total. The van der Waals surface area contributed by atoms with Crippen molar-refractivity contribution in [3.8, 4) is 0 Å². The number of hydrogen-bond acceptors (Lipinski definition) is 0. The zero-order chi connectivity index (χ0) is 3.54. The third-order valence-corrected chi connectivity index (χ3v) is 0.556. The van der Waals surface area contributed by atoms with Crippen LogP contribution in [0.4, 0.5) is 0 Å². The molecular weight excluding hydrogens is 358 g/mol. The summed E-state index contributed by atoms with van der Waals surface area (Å²) in [7, 11) is 0. The normalized spacial score (nSPS) is 3.64. The van der Waals surface area contributed by atoms with Crippen LogP contribution in [0.3, 0.4) is 0 Å². The van der Waals surface area contributed by atoms with Gasteiger partial charge >= 0.3 is 0 Å². The van der Waals surface area contributed by atoms with Gasteiger partial charge < -0.3 is 37.1 Å². The second kappa shape index (κ2) is 31.5. The molecule has 0 unspecified atom stereocenters. The average Bonchev–Trinajstić information content (AvgIpc) is 1.76. The van der Waals surface area contributed by atoms with Gasteiger partial charge in [-0.3, -0.25) is 0 Å². The van der Waals surface area contributed by atoms with Gasteiger partial charge in [0, 0.05) is 31.1 Å². The molecular formula is C10H20U-6. The van der Waals surface area contributed by atoms with Gasteiger partial charge in [0.25, 0.3) is 0 Å². The third kappa shape index (κ3) is 25.2. The van der Waals surface area contributed by atoms with Gasteiger partial charge in [0.15, 0.2) is 0 Å². The molecule has 0 nitrogen and oxygen atoms in total. The summed E-state index contributed by atoms with van der Waals surface area (Å²) in [5.74, 6) is 0. The molecule has 1 rings (SSSR count). The van der Waals surface area contributed by atoms with Crippen LogP contribution in [0.5, 0.6) is 0 Å². The first kappa shape index (κ1) is 42.3. The van der Waals surface area contributed by atoms with Crippen LogP contribution in [0.1, 0.15) is 0 Å². The standard InChI is InChI=1S/C5H5.5CH3.U/c1-2-4-5-3-1;;;;;;/h1-5H;5*1H3;/q6*-1;. The summed E-state index contributed by atoms with van der Waals surface area (Å²) in [6.45, 7) is 0. The molecule has 0 aliphatic heterocycles. The molecule has 1 aromatic rings. The van der Waals surface area contributed by atoms with E-state index in [1.165, 1.54) is 0 Å². The Balaban J connectivity index is -0.0000000104. The molecule has 0 heterocycles. The molecule has 11 heavy (non-hydrogen) atoms. The molecule has 0 aliphatic rings. The van der Waals surface area contributed by atoms with Crippen LogP contribution < -0.4 is 0 Å². The van der Waals surface area contributed by atoms with Crippen molar-refractivity contribution in [2.75, 3.05) is 0 Å². The van der Waals surface area contributed by atoms with E-state index in [0.717, 1.165) is 0 Å². The Morgan fingerprint density at radius 1 is 0.636 bits per heavy atom. The minimum atomic E-state index is 0. The Kier molecular flexibility index (Phi) is 121. The molecule has 0 amide bonds. The first-order valence-corrected chi connectivity index (χ1v) is 1.67. The van der Waals surface area contributed by atoms with Gasteiger partial charge in [0.05, 0.1) is 0 Å². The van der Waals surface area contributed by atoms with Crippen molar-refractivity contribution < 1.29 is 31.1 Å². The van der Waals surface area contributed by atoms with Gasteiger partial charge in [-0.05, 0) is 0 Å². The summed E-state index contributed by atoms with van der Waals surface area (Å²) < 4.78 is 0. The summed E-state index contributed by atoms with van der Waals surface area (Å²) in [6, 6.07) is 10.0. The SMILES string of the molecule is [CH3-].[CH3-].[CH3-].[CH3-].[CH3-].[U].c1cc[cH-]c1. The molecule has 0 saturated carbocycles. The van der Waals surface area contributed by atoms with Crippen LogP contribution in [0.15, 0.2) is 30.3 Å². The molecule has 0 fully saturated rings. The van der Waals surface area contributed by atoms with Crippen LogP contribution in [-0.2, 0) is 0 Å². The zero-order valence-corrected chi connectivity index (χ0v) is 12.6. The summed E-state index contributed by atoms with van der Waals surface area (Å²) in [5, 5.41) is 0. The predicted octanol–water partition coefficient (Wildman–Crippen LogP) is 3.66. The van der Waals surface area contributed by atoms with Gasteiger partial charge in [0.2, 0.25) is 0 Å². The molecule has 0 spiro atoms. The van der Waals surface area contributed by atoms with Crippen LogP contribution >= 0.6 is 0 Å². The van der Waals surface area contributed by atoms with Crippen molar-refractivity contribution in [2.45, 2.75) is 0 Å². The Morgan fingerprint density at radius 2 is 0.909 bits per heavy atom. The van der Waals surface area contributed by atoms with Crippen molar-refractivity contribution in [3.05, 3.63) is 67.5 Å². The maximum absolute atomic E-state index is 2.00. The Labute approximate surface area is 98.2 Å². The van der Waals surface area contributed by atoms with E-state index < -0.39 is 0 Å². The summed E-state index contributed by atoms with van der Waals surface area (Å²) >= 11 is 0. The molecule has 0 bridgehead atoms. The second-order valence-corrected chi connectivity index (χ2v) is 0.962. The van der Waals surface area contributed by atoms with E-state index >= 15 is 0 Å². The molecule has 1 aromatic carbocycles. The minimum absolute atomic E-state index is 0. The number of hydrogen-bond donors (Lipinski definition) is 0. The molecule has 0 aromatic heterocycles. The minimum Gasteiger partial charge on any atom is -0.358 e. The zero-order valence-electron chi connectivity index (χ0n) is 8.39. The Morgan fingerprint density at radius 3 is 1.00 bits per heavy atom. The Hall–Kier alpha value is 0.402. The van der Waals surface area contributed by atoms with Gasteiger partial charge in [-0.1, -0.05) is 0 Å². The van der Waals surface area contributed by atoms with Crippen LogP contribution in [0, 0.1) is 68.2 Å². The Bertz CT molecular complexity index is 61.3. The molecule has 0 aliphatic carbocycles. The van der Waals surface area contributed by atoms with E-state index in [1.54, 1.807) is 0 Å². The van der Waals surface area contributed by atoms with E-state index in [9.17, 15) is 0 Å². The third-order valence-electron chi connectivity index (χ3n) is 0.556. The average molecular weight is 378 g/mol. The molecule has 0 saturated heterocycles. The molecule has 70 valence electrons. The fourth-order valence-corrected chi connectivity index (χ4v) is 0.321. The summed E-state index contributed by atoms with van der Waals surface area (Å²) in [6.07, 6.45) is 0. The fourth-order valence-electron chi connectivity index (χ4n) is 0.321. The quantitative estimate of drug-likeness (QED) is 0.605. The molecule has 0 radical (unpaired) electrons. The topological polar surface area (TPSA) is 0 Å². The number of rotatable bonds is 0. The van der Waals surface area contributed by atoms with E-state index in [4.69, 9.17) is 0 Å². The van der Waals surface area contributed by atoms with Crippen LogP contribution in [0.25, 0.3) is 0 Å². The first-order valence-electron chi connectivity index (χ1n) is 1.67. The predicted molar refractivity (Wildman–Crippen MR) is 54.1 cm³/mol. The van der Waals surface area contributed by atoms with Gasteiger partial charge in [-0.15, -0.1) is 0 Å². The van der Waals surface area contributed by atoms with E-state index in [2.05, 4.69) is 0 Å². The largest absolute Gasteiger partial charge is 0.358 e. The first-order chi connectivity index (χ1) is 2.50. The summed E-state index contributed by atoms with van der Waals surface area (Å²) in [5.41, 5.74) is 0. The van der Waals surface area contributed by atoms with Gasteiger partial charge in [0.1, 0.15) is 0 Å². The van der Waals surface area contributed by atoms with Crippen LogP contribution in [0.2, 0.25) is 0 Å². The van der Waals surface area contributed by atoms with E-state index in [1.807, 2.05) is 30.3 Å². The molecule has 0 atom stereocenters. The van der Waals surface area contributed by atoms with Crippen molar-refractivity contribution in [1.82, 2.24) is 0 Å². The van der Waals surface area contributed by atoms with Gasteiger partial charge in [-0.25, -0.2) is 12.1 Å². The maximum atomic E-state index is 2.00. The second-order valence-electron chi connectivity index (χ2n) is 0.962. The van der Waals surface area contributed by atoms with Crippen LogP contribution in [-0.4, -0.2) is 0 Å². The van der Waals surface area contributed by atoms with Crippen molar-refractivity contribution in [1.29, 1.82) is 0 Å². The maximum Gasteiger partial charge on any atom is 0 e. The van der Waals surface area contributed by atoms with Crippen molar-refractivity contribution in [2.24, 2.45) is 0 Å². The summed E-state index contributed by atoms with van der Waals surface area (Å²) in [4.78, 5) is 0. The van der Waals surface area contributed by atoms with E-state index in [0.29, 0.717) is 0 Å². The monoisotopic (exact) mass is 378 g/mol. The van der Waals surface area contributed by atoms with Gasteiger partial charge in [-0.2, -0.15) is 18.2 Å². The smallest absolute Gasteiger partial charge is 0 e. The fraction of sp³-hybridized carbons (Fsp3) is 0. The van der Waals surface area contributed by atoms with Crippen molar-refractivity contribution in [3.63, 3.8) is 0 Å². The molecule has 1 heteroatoms. The van der Waals surface area contributed by atoms with Crippen molar-refractivity contribution >= 4 is 0 Å². The van der Waals surface area contributed by atoms with E-state index in [-0.39, 0.29) is 68.2 Å².